The van der Waals surface area contributed by atoms with Crippen molar-refractivity contribution in [2.24, 2.45) is 5.10 Å². The van der Waals surface area contributed by atoms with Crippen LogP contribution in [0.5, 0.6) is 0 Å². The third-order valence-electron chi connectivity index (χ3n) is 4.32. The highest BCUT2D eigenvalue weighted by atomic mass is 16.2. The molecule has 0 unspecified atom stereocenters. The van der Waals surface area contributed by atoms with Crippen molar-refractivity contribution in [1.29, 1.82) is 0 Å². The quantitative estimate of drug-likeness (QED) is 0.430. The van der Waals surface area contributed by atoms with Gasteiger partial charge in [-0.05, 0) is 31.0 Å². The molecule has 0 aliphatic rings. The second-order valence-corrected chi connectivity index (χ2v) is 6.33. The van der Waals surface area contributed by atoms with E-state index in [-0.39, 0.29) is 5.91 Å². The Morgan fingerprint density at radius 3 is 2.85 bits per heavy atom. The number of amides is 1. The second-order valence-electron chi connectivity index (χ2n) is 6.33. The van der Waals surface area contributed by atoms with Crippen LogP contribution in [-0.2, 0) is 17.8 Å². The zero-order chi connectivity index (χ0) is 18.5. The smallest absolute Gasteiger partial charge is 0.244 e. The van der Waals surface area contributed by atoms with E-state index in [1.165, 1.54) is 5.56 Å². The number of hydrazone groups is 1. The number of hydrogen-bond donors (Lipinski definition) is 1. The minimum absolute atomic E-state index is 0.138. The molecule has 4 nitrogen and oxygen atoms in total. The molecule has 0 atom stereocenters. The minimum Gasteiger partial charge on any atom is -0.335 e. The lowest BCUT2D eigenvalue weighted by Crippen LogP contribution is -2.20. The van der Waals surface area contributed by atoms with Crippen LogP contribution in [0.4, 0.5) is 0 Å². The Hall–Kier alpha value is -3.32. The lowest BCUT2D eigenvalue weighted by Gasteiger charge is -2.05. The Bertz CT molecular complexity index is 1020. The molecule has 0 saturated heterocycles. The molecule has 0 aliphatic carbocycles. The lowest BCUT2D eigenvalue weighted by atomic mass is 10.0. The summed E-state index contributed by atoms with van der Waals surface area (Å²) < 4.78 is 1.99. The molecule has 130 valence electrons. The topological polar surface area (TPSA) is 46.4 Å². The van der Waals surface area contributed by atoms with Crippen molar-refractivity contribution in [3.05, 3.63) is 70.9 Å². The van der Waals surface area contributed by atoms with E-state index in [0.29, 0.717) is 13.0 Å². The number of aromatic nitrogens is 1. The fourth-order valence-corrected chi connectivity index (χ4v) is 3.04. The van der Waals surface area contributed by atoms with Crippen molar-refractivity contribution >= 4 is 23.0 Å². The lowest BCUT2D eigenvalue weighted by molar-refractivity contribution is -0.120. The summed E-state index contributed by atoms with van der Waals surface area (Å²) in [6, 6.07) is 14.1. The van der Waals surface area contributed by atoms with Gasteiger partial charge in [0.2, 0.25) is 5.91 Å². The minimum atomic E-state index is -0.138. The van der Waals surface area contributed by atoms with Crippen molar-refractivity contribution in [3.8, 4) is 12.3 Å². The maximum Gasteiger partial charge on any atom is 0.244 e. The van der Waals surface area contributed by atoms with E-state index in [2.05, 4.69) is 22.5 Å². The van der Waals surface area contributed by atoms with Gasteiger partial charge in [-0.25, -0.2) is 5.43 Å². The molecule has 2 aromatic carbocycles. The number of nitrogens with zero attached hydrogens (tertiary/aromatic N) is 2. The van der Waals surface area contributed by atoms with E-state index in [9.17, 15) is 4.79 Å². The van der Waals surface area contributed by atoms with Gasteiger partial charge in [-0.15, -0.1) is 6.42 Å². The van der Waals surface area contributed by atoms with Gasteiger partial charge in [0, 0.05) is 22.7 Å². The number of benzene rings is 2. The van der Waals surface area contributed by atoms with Crippen LogP contribution in [-0.4, -0.2) is 16.7 Å². The Morgan fingerprint density at radius 1 is 1.27 bits per heavy atom. The molecule has 1 N–H and O–H groups in total. The number of carbonyl (C=O) groups excluding carboxylic acids is 1. The van der Waals surface area contributed by atoms with Crippen LogP contribution in [0.2, 0.25) is 0 Å². The first-order valence-electron chi connectivity index (χ1n) is 8.48. The summed E-state index contributed by atoms with van der Waals surface area (Å²) in [7, 11) is 0. The van der Waals surface area contributed by atoms with E-state index < -0.39 is 0 Å². The Kier molecular flexibility index (Phi) is 5.19. The van der Waals surface area contributed by atoms with E-state index in [4.69, 9.17) is 6.42 Å². The summed E-state index contributed by atoms with van der Waals surface area (Å²) in [5.41, 5.74) is 7.89. The number of para-hydroxylation sites is 1. The SMILES string of the molecule is C#CCn1cc(/C=N/NC(=O)Cc2ccc(C)cc2C)c2ccccc21. The molecule has 0 bridgehead atoms. The Balaban J connectivity index is 1.71. The molecular weight excluding hydrogens is 322 g/mol. The van der Waals surface area contributed by atoms with Gasteiger partial charge < -0.3 is 4.57 Å². The largest absolute Gasteiger partial charge is 0.335 e. The summed E-state index contributed by atoms with van der Waals surface area (Å²) in [4.78, 5) is 12.2. The van der Waals surface area contributed by atoms with Gasteiger partial charge in [0.05, 0.1) is 19.2 Å². The average molecular weight is 343 g/mol. The van der Waals surface area contributed by atoms with Crippen molar-refractivity contribution in [1.82, 2.24) is 9.99 Å². The first-order chi connectivity index (χ1) is 12.6. The molecule has 1 amide bonds. The molecule has 3 aromatic rings. The monoisotopic (exact) mass is 343 g/mol. The molecule has 26 heavy (non-hydrogen) atoms. The van der Waals surface area contributed by atoms with Crippen LogP contribution in [0.25, 0.3) is 10.9 Å². The molecule has 0 saturated carbocycles. The van der Waals surface area contributed by atoms with Crippen molar-refractivity contribution < 1.29 is 4.79 Å². The van der Waals surface area contributed by atoms with Gasteiger partial charge in [0.15, 0.2) is 0 Å². The first-order valence-corrected chi connectivity index (χ1v) is 8.48. The average Bonchev–Trinajstić information content (AvgIpc) is 2.96. The fourth-order valence-electron chi connectivity index (χ4n) is 3.04. The summed E-state index contributed by atoms with van der Waals surface area (Å²) in [6.07, 6.45) is 9.35. The summed E-state index contributed by atoms with van der Waals surface area (Å²) >= 11 is 0. The predicted molar refractivity (Wildman–Crippen MR) is 106 cm³/mol. The van der Waals surface area contributed by atoms with Gasteiger partial charge in [-0.1, -0.05) is 47.9 Å². The van der Waals surface area contributed by atoms with Gasteiger partial charge in [-0.2, -0.15) is 5.10 Å². The van der Waals surface area contributed by atoms with E-state index in [1.807, 2.05) is 61.0 Å². The van der Waals surface area contributed by atoms with Crippen LogP contribution in [0.1, 0.15) is 22.3 Å². The van der Waals surface area contributed by atoms with Gasteiger partial charge >= 0.3 is 0 Å². The van der Waals surface area contributed by atoms with Crippen LogP contribution >= 0.6 is 0 Å². The normalized spacial score (nSPS) is 11.0. The van der Waals surface area contributed by atoms with Gasteiger partial charge in [0.1, 0.15) is 0 Å². The van der Waals surface area contributed by atoms with E-state index in [1.54, 1.807) is 6.21 Å². The zero-order valence-electron chi connectivity index (χ0n) is 15.0. The van der Waals surface area contributed by atoms with Gasteiger partial charge in [0.25, 0.3) is 0 Å². The molecule has 0 spiro atoms. The maximum atomic E-state index is 12.2. The Labute approximate surface area is 153 Å². The molecule has 1 aromatic heterocycles. The number of carbonyl (C=O) groups is 1. The third-order valence-corrected chi connectivity index (χ3v) is 4.32. The number of hydrogen-bond acceptors (Lipinski definition) is 2. The number of fused-ring (bicyclic) bond motifs is 1. The molecule has 3 rings (SSSR count). The van der Waals surface area contributed by atoms with Crippen LogP contribution < -0.4 is 5.43 Å². The predicted octanol–water partition coefficient (Wildman–Crippen LogP) is 3.58. The molecular formula is C22H21N3O. The van der Waals surface area contributed by atoms with Crippen molar-refractivity contribution in [2.75, 3.05) is 0 Å². The summed E-state index contributed by atoms with van der Waals surface area (Å²) in [5.74, 6) is 2.51. The van der Waals surface area contributed by atoms with Gasteiger partial charge in [-0.3, -0.25) is 4.79 Å². The molecule has 0 fully saturated rings. The Morgan fingerprint density at radius 2 is 2.08 bits per heavy atom. The number of aryl methyl sites for hydroxylation is 2. The molecule has 0 aliphatic heterocycles. The highest BCUT2D eigenvalue weighted by Gasteiger charge is 2.07. The van der Waals surface area contributed by atoms with E-state index in [0.717, 1.165) is 27.6 Å². The van der Waals surface area contributed by atoms with Crippen LogP contribution in [0, 0.1) is 26.2 Å². The standard InChI is InChI=1S/C22H21N3O/c1-4-11-25-15-19(20-7-5-6-8-21(20)25)14-23-24-22(26)13-18-10-9-16(2)12-17(18)3/h1,5-10,12,14-15H,11,13H2,2-3H3,(H,24,26)/b23-14+. The number of terminal acetylenes is 1. The summed E-state index contributed by atoms with van der Waals surface area (Å²) in [5, 5.41) is 5.17. The third kappa shape index (κ3) is 3.84. The van der Waals surface area contributed by atoms with E-state index >= 15 is 0 Å². The highest BCUT2D eigenvalue weighted by Crippen LogP contribution is 2.19. The van der Waals surface area contributed by atoms with Crippen LogP contribution in [0.15, 0.2) is 53.8 Å². The van der Waals surface area contributed by atoms with Crippen molar-refractivity contribution in [2.45, 2.75) is 26.8 Å². The fraction of sp³-hybridized carbons (Fsp3) is 0.182. The zero-order valence-corrected chi connectivity index (χ0v) is 15.0. The summed E-state index contributed by atoms with van der Waals surface area (Å²) in [6.45, 7) is 4.55. The van der Waals surface area contributed by atoms with Crippen LogP contribution in [0.3, 0.4) is 0 Å². The molecule has 0 radical (unpaired) electrons. The molecule has 4 heteroatoms. The highest BCUT2D eigenvalue weighted by molar-refractivity contribution is 5.99. The second kappa shape index (κ2) is 7.71. The first kappa shape index (κ1) is 17.5. The maximum absolute atomic E-state index is 12.2. The number of nitrogens with one attached hydrogen (secondary N) is 1. The van der Waals surface area contributed by atoms with Crippen molar-refractivity contribution in [3.63, 3.8) is 0 Å². The number of rotatable bonds is 5. The molecule has 1 heterocycles.